The Kier molecular flexibility index (Phi) is 5.79. The maximum Gasteiger partial charge on any atom is 0.323 e. The van der Waals surface area contributed by atoms with Crippen molar-refractivity contribution in [1.29, 1.82) is 0 Å². The molecule has 1 unspecified atom stereocenters. The minimum absolute atomic E-state index is 0.203. The van der Waals surface area contributed by atoms with Gasteiger partial charge in [0.15, 0.2) is 0 Å². The number of carbonyl (C=O) groups excluding carboxylic acids is 1. The van der Waals surface area contributed by atoms with Gasteiger partial charge < -0.3 is 10.1 Å². The van der Waals surface area contributed by atoms with E-state index in [0.717, 1.165) is 10.0 Å². The molecule has 1 aromatic rings. The number of ether oxygens (including phenoxy) is 1. The van der Waals surface area contributed by atoms with Crippen molar-refractivity contribution in [1.82, 2.24) is 10.3 Å². The van der Waals surface area contributed by atoms with E-state index in [1.807, 2.05) is 19.2 Å². The molecule has 0 aliphatic heterocycles. The van der Waals surface area contributed by atoms with Crippen LogP contribution in [0.5, 0.6) is 0 Å². The van der Waals surface area contributed by atoms with Gasteiger partial charge in [-0.3, -0.25) is 4.79 Å². The molecule has 0 spiro atoms. The summed E-state index contributed by atoms with van der Waals surface area (Å²) >= 11 is 3.17. The molecule has 6 heteroatoms. The number of hydrogen-bond acceptors (Lipinski definition) is 6. The van der Waals surface area contributed by atoms with Crippen molar-refractivity contribution in [3.63, 3.8) is 0 Å². The minimum Gasteiger partial charge on any atom is -0.465 e. The summed E-state index contributed by atoms with van der Waals surface area (Å²) in [7, 11) is 1.76. The number of nitrogens with zero attached hydrogens (tertiary/aromatic N) is 1. The number of thiazole rings is 1. The number of aromatic nitrogens is 1. The molecule has 0 fully saturated rings. The van der Waals surface area contributed by atoms with Gasteiger partial charge in [0, 0.05) is 16.8 Å². The van der Waals surface area contributed by atoms with Crippen LogP contribution in [-0.2, 0) is 9.53 Å². The molecule has 1 rings (SSSR count). The van der Waals surface area contributed by atoms with E-state index in [0.29, 0.717) is 12.4 Å². The van der Waals surface area contributed by atoms with Crippen LogP contribution in [0.3, 0.4) is 0 Å². The molecule has 0 aliphatic carbocycles. The third kappa shape index (κ3) is 4.11. The summed E-state index contributed by atoms with van der Waals surface area (Å²) in [6, 6.07) is -0.269. The first-order chi connectivity index (χ1) is 7.67. The zero-order valence-electron chi connectivity index (χ0n) is 9.65. The first-order valence-corrected chi connectivity index (χ1v) is 6.92. The highest BCUT2D eigenvalue weighted by Gasteiger charge is 2.18. The van der Waals surface area contributed by atoms with E-state index >= 15 is 0 Å². The molecule has 0 radical (unpaired) electrons. The summed E-state index contributed by atoms with van der Waals surface area (Å²) < 4.78 is 5.94. The molecule has 0 saturated heterocycles. The van der Waals surface area contributed by atoms with E-state index in [1.54, 1.807) is 30.1 Å². The number of carbonyl (C=O) groups is 1. The van der Waals surface area contributed by atoms with Crippen molar-refractivity contribution in [3.05, 3.63) is 11.1 Å². The second kappa shape index (κ2) is 6.88. The quantitative estimate of drug-likeness (QED) is 0.623. The van der Waals surface area contributed by atoms with Gasteiger partial charge in [-0.2, -0.15) is 0 Å². The maximum atomic E-state index is 11.5. The summed E-state index contributed by atoms with van der Waals surface area (Å²) in [5, 5.41) is 4.95. The number of aryl methyl sites for hydroxylation is 1. The molecular weight excluding hydrogens is 244 g/mol. The van der Waals surface area contributed by atoms with E-state index in [9.17, 15) is 4.79 Å². The lowest BCUT2D eigenvalue weighted by molar-refractivity contribution is -0.144. The fourth-order valence-corrected chi connectivity index (χ4v) is 3.03. The largest absolute Gasteiger partial charge is 0.465 e. The van der Waals surface area contributed by atoms with Crippen molar-refractivity contribution in [2.45, 2.75) is 24.2 Å². The predicted octanol–water partition coefficient (Wildman–Crippen LogP) is 1.69. The zero-order chi connectivity index (χ0) is 12.0. The Morgan fingerprint density at radius 1 is 1.75 bits per heavy atom. The van der Waals surface area contributed by atoms with E-state index in [1.165, 1.54) is 0 Å². The highest BCUT2D eigenvalue weighted by molar-refractivity contribution is 8.01. The summed E-state index contributed by atoms with van der Waals surface area (Å²) in [5.74, 6) is 0.438. The minimum atomic E-state index is -0.269. The number of esters is 1. The van der Waals surface area contributed by atoms with Crippen molar-refractivity contribution in [2.24, 2.45) is 0 Å². The number of rotatable bonds is 6. The molecule has 16 heavy (non-hydrogen) atoms. The van der Waals surface area contributed by atoms with E-state index in [-0.39, 0.29) is 12.0 Å². The maximum absolute atomic E-state index is 11.5. The molecule has 1 N–H and O–H groups in total. The molecule has 0 aromatic carbocycles. The number of likely N-dealkylation sites (N-methyl/N-ethyl adjacent to an activating group) is 1. The SMILES string of the molecule is CCOC(=O)C(CSc1nc(C)cs1)NC. The summed E-state index contributed by atoms with van der Waals surface area (Å²) in [4.78, 5) is 15.8. The smallest absolute Gasteiger partial charge is 0.323 e. The fourth-order valence-electron chi connectivity index (χ4n) is 1.07. The standard InChI is InChI=1S/C10H16N2O2S2/c1-4-14-9(13)8(11-3)6-16-10-12-7(2)5-15-10/h5,8,11H,4,6H2,1-3H3. The second-order valence-corrected chi connectivity index (χ2v) is 5.28. The molecule has 1 aromatic heterocycles. The molecule has 0 aliphatic rings. The zero-order valence-corrected chi connectivity index (χ0v) is 11.3. The van der Waals surface area contributed by atoms with Crippen LogP contribution in [0.4, 0.5) is 0 Å². The molecule has 0 bridgehead atoms. The van der Waals surface area contributed by atoms with Crippen LogP contribution in [0.2, 0.25) is 0 Å². The Balaban J connectivity index is 2.42. The molecule has 4 nitrogen and oxygen atoms in total. The van der Waals surface area contributed by atoms with Crippen LogP contribution < -0.4 is 5.32 Å². The van der Waals surface area contributed by atoms with Gasteiger partial charge in [-0.1, -0.05) is 11.8 Å². The molecule has 90 valence electrons. The lowest BCUT2D eigenvalue weighted by atomic mass is 10.3. The first kappa shape index (κ1) is 13.5. The Morgan fingerprint density at radius 3 is 3.00 bits per heavy atom. The highest BCUT2D eigenvalue weighted by atomic mass is 32.2. The average molecular weight is 260 g/mol. The summed E-state index contributed by atoms with van der Waals surface area (Å²) in [5.41, 5.74) is 1.02. The van der Waals surface area contributed by atoms with Crippen LogP contribution in [0.15, 0.2) is 9.72 Å². The van der Waals surface area contributed by atoms with Crippen LogP contribution in [0, 0.1) is 6.92 Å². The number of thioether (sulfide) groups is 1. The van der Waals surface area contributed by atoms with Crippen LogP contribution in [0.25, 0.3) is 0 Å². The Hall–Kier alpha value is -0.590. The topological polar surface area (TPSA) is 51.2 Å². The lowest BCUT2D eigenvalue weighted by Gasteiger charge is -2.12. The van der Waals surface area contributed by atoms with Gasteiger partial charge >= 0.3 is 5.97 Å². The van der Waals surface area contributed by atoms with Gasteiger partial charge in [0.2, 0.25) is 0 Å². The fraction of sp³-hybridized carbons (Fsp3) is 0.600. The van der Waals surface area contributed by atoms with Gasteiger partial charge in [0.1, 0.15) is 10.4 Å². The van der Waals surface area contributed by atoms with E-state index in [2.05, 4.69) is 10.3 Å². The van der Waals surface area contributed by atoms with Gasteiger partial charge in [-0.15, -0.1) is 11.3 Å². The van der Waals surface area contributed by atoms with Gasteiger partial charge in [0.05, 0.1) is 6.61 Å². The van der Waals surface area contributed by atoms with E-state index in [4.69, 9.17) is 4.74 Å². The third-order valence-corrected chi connectivity index (χ3v) is 4.12. The van der Waals surface area contributed by atoms with Crippen molar-refractivity contribution < 1.29 is 9.53 Å². The van der Waals surface area contributed by atoms with Crippen molar-refractivity contribution in [2.75, 3.05) is 19.4 Å². The Bertz CT molecular complexity index is 341. The molecule has 0 saturated carbocycles. The van der Waals surface area contributed by atoms with Crippen molar-refractivity contribution in [3.8, 4) is 0 Å². The summed E-state index contributed by atoms with van der Waals surface area (Å²) in [6.07, 6.45) is 0. The molecule has 0 amide bonds. The number of nitrogens with one attached hydrogen (secondary N) is 1. The normalized spacial score (nSPS) is 12.4. The van der Waals surface area contributed by atoms with Crippen LogP contribution in [-0.4, -0.2) is 36.4 Å². The highest BCUT2D eigenvalue weighted by Crippen LogP contribution is 2.22. The molecule has 1 atom stereocenters. The predicted molar refractivity (Wildman–Crippen MR) is 67.1 cm³/mol. The van der Waals surface area contributed by atoms with Crippen LogP contribution in [0.1, 0.15) is 12.6 Å². The van der Waals surface area contributed by atoms with Gasteiger partial charge in [-0.05, 0) is 20.9 Å². The monoisotopic (exact) mass is 260 g/mol. The van der Waals surface area contributed by atoms with Crippen LogP contribution >= 0.6 is 23.1 Å². The van der Waals surface area contributed by atoms with Gasteiger partial charge in [-0.25, -0.2) is 4.98 Å². The third-order valence-electron chi connectivity index (χ3n) is 1.89. The Morgan fingerprint density at radius 2 is 2.50 bits per heavy atom. The molecular formula is C10H16N2O2S2. The number of hydrogen-bond donors (Lipinski definition) is 1. The second-order valence-electron chi connectivity index (χ2n) is 3.16. The van der Waals surface area contributed by atoms with Gasteiger partial charge in [0.25, 0.3) is 0 Å². The van der Waals surface area contributed by atoms with Crippen molar-refractivity contribution >= 4 is 29.1 Å². The average Bonchev–Trinajstić information content (AvgIpc) is 2.65. The first-order valence-electron chi connectivity index (χ1n) is 5.06. The summed E-state index contributed by atoms with van der Waals surface area (Å²) in [6.45, 7) is 4.18. The Labute approximate surface area is 104 Å². The lowest BCUT2D eigenvalue weighted by Crippen LogP contribution is -2.37. The molecule has 1 heterocycles. The van der Waals surface area contributed by atoms with E-state index < -0.39 is 0 Å².